The van der Waals surface area contributed by atoms with Crippen LogP contribution in [-0.4, -0.2) is 26.7 Å². The van der Waals surface area contributed by atoms with Gasteiger partial charge in [-0.3, -0.25) is 5.32 Å². The maximum Gasteiger partial charge on any atom is 0.411 e. The second-order valence-electron chi connectivity index (χ2n) is 7.27. The Morgan fingerprint density at radius 3 is 2.08 bits per heavy atom. The first-order valence-corrected chi connectivity index (χ1v) is 11.1. The molecule has 0 unspecified atom stereocenters. The second kappa shape index (κ2) is 8.86. The van der Waals surface area contributed by atoms with Gasteiger partial charge in [0, 0.05) is 11.7 Å². The van der Waals surface area contributed by atoms with Crippen LogP contribution in [0.3, 0.4) is 0 Å². The molecule has 7 heteroatoms. The summed E-state index contributed by atoms with van der Waals surface area (Å²) in [5.41, 5.74) is 0.530. The van der Waals surface area contributed by atoms with Gasteiger partial charge in [0.25, 0.3) is 0 Å². The van der Waals surface area contributed by atoms with Gasteiger partial charge in [-0.1, -0.05) is 25.7 Å². The molecule has 26 heavy (non-hydrogen) atoms. The number of carbonyl (C=O) groups is 1. The fraction of sp³-hybridized carbons (Fsp3) is 0.632. The Bertz CT molecular complexity index is 691. The summed E-state index contributed by atoms with van der Waals surface area (Å²) >= 11 is 0. The lowest BCUT2D eigenvalue weighted by molar-refractivity contribution is 0.0865. The van der Waals surface area contributed by atoms with E-state index in [0.717, 1.165) is 51.4 Å². The van der Waals surface area contributed by atoms with E-state index in [4.69, 9.17) is 4.74 Å². The number of anilines is 1. The van der Waals surface area contributed by atoms with Gasteiger partial charge in [0.05, 0.1) is 4.90 Å². The number of hydrogen-bond donors (Lipinski definition) is 2. The van der Waals surface area contributed by atoms with Crippen LogP contribution in [0.4, 0.5) is 10.5 Å². The maximum absolute atomic E-state index is 12.5. The first-order valence-electron chi connectivity index (χ1n) is 9.63. The van der Waals surface area contributed by atoms with Crippen molar-refractivity contribution >= 4 is 21.8 Å². The molecular weight excluding hydrogens is 352 g/mol. The van der Waals surface area contributed by atoms with E-state index in [1.54, 1.807) is 12.1 Å². The SMILES string of the molecule is O=C(Nc1ccc(S(=O)(=O)NC2CCCCC2)cc1)OC1CCCCC1. The lowest BCUT2D eigenvalue weighted by Gasteiger charge is -2.22. The normalized spacial score (nSPS) is 19.8. The number of sulfonamides is 1. The number of rotatable bonds is 5. The molecule has 2 aliphatic rings. The molecule has 0 saturated heterocycles. The summed E-state index contributed by atoms with van der Waals surface area (Å²) in [6.45, 7) is 0. The van der Waals surface area contributed by atoms with Crippen LogP contribution in [-0.2, 0) is 14.8 Å². The van der Waals surface area contributed by atoms with E-state index in [9.17, 15) is 13.2 Å². The third-order valence-electron chi connectivity index (χ3n) is 5.16. The van der Waals surface area contributed by atoms with Crippen LogP contribution < -0.4 is 10.0 Å². The molecule has 0 spiro atoms. The third-order valence-corrected chi connectivity index (χ3v) is 6.70. The lowest BCUT2D eigenvalue weighted by Crippen LogP contribution is -2.36. The molecule has 0 aromatic heterocycles. The Balaban J connectivity index is 1.54. The number of carbonyl (C=O) groups excluding carboxylic acids is 1. The van der Waals surface area contributed by atoms with Crippen molar-refractivity contribution in [3.63, 3.8) is 0 Å². The molecule has 2 saturated carbocycles. The Labute approximate surface area is 155 Å². The molecule has 1 aromatic carbocycles. The molecule has 0 aliphatic heterocycles. The van der Waals surface area contributed by atoms with Gasteiger partial charge in [0.15, 0.2) is 0 Å². The Hall–Kier alpha value is -1.60. The minimum absolute atomic E-state index is 0.0110. The molecule has 2 aliphatic carbocycles. The van der Waals surface area contributed by atoms with Gasteiger partial charge in [-0.15, -0.1) is 0 Å². The van der Waals surface area contributed by atoms with E-state index in [2.05, 4.69) is 10.0 Å². The van der Waals surface area contributed by atoms with Gasteiger partial charge < -0.3 is 4.74 Å². The van der Waals surface area contributed by atoms with E-state index in [0.29, 0.717) is 5.69 Å². The monoisotopic (exact) mass is 380 g/mol. The van der Waals surface area contributed by atoms with Crippen molar-refractivity contribution in [1.82, 2.24) is 4.72 Å². The molecule has 6 nitrogen and oxygen atoms in total. The van der Waals surface area contributed by atoms with Gasteiger partial charge in [-0.05, 0) is 62.8 Å². The van der Waals surface area contributed by atoms with Crippen molar-refractivity contribution in [2.45, 2.75) is 81.2 Å². The fourth-order valence-electron chi connectivity index (χ4n) is 3.71. The quantitative estimate of drug-likeness (QED) is 0.802. The number of benzene rings is 1. The largest absolute Gasteiger partial charge is 0.446 e. The van der Waals surface area contributed by atoms with Crippen molar-refractivity contribution in [3.05, 3.63) is 24.3 Å². The Kier molecular flexibility index (Phi) is 6.53. The zero-order valence-electron chi connectivity index (χ0n) is 15.1. The molecule has 1 aromatic rings. The molecule has 0 atom stereocenters. The van der Waals surface area contributed by atoms with Crippen molar-refractivity contribution < 1.29 is 17.9 Å². The summed E-state index contributed by atoms with van der Waals surface area (Å²) in [6.07, 6.45) is 9.83. The number of amides is 1. The summed E-state index contributed by atoms with van der Waals surface area (Å²) in [6, 6.07) is 6.25. The predicted molar refractivity (Wildman–Crippen MR) is 101 cm³/mol. The first kappa shape index (κ1) is 19.2. The van der Waals surface area contributed by atoms with Crippen molar-refractivity contribution in [1.29, 1.82) is 0 Å². The van der Waals surface area contributed by atoms with E-state index in [1.807, 2.05) is 0 Å². The topological polar surface area (TPSA) is 84.5 Å². The molecular formula is C19H28N2O4S. The van der Waals surface area contributed by atoms with E-state index >= 15 is 0 Å². The van der Waals surface area contributed by atoms with Crippen molar-refractivity contribution in [2.75, 3.05) is 5.32 Å². The molecule has 1 amide bonds. The van der Waals surface area contributed by atoms with Crippen LogP contribution in [0.5, 0.6) is 0 Å². The molecule has 144 valence electrons. The highest BCUT2D eigenvalue weighted by Crippen LogP contribution is 2.22. The van der Waals surface area contributed by atoms with E-state index in [-0.39, 0.29) is 17.0 Å². The molecule has 2 fully saturated rings. The van der Waals surface area contributed by atoms with E-state index in [1.165, 1.54) is 25.0 Å². The lowest BCUT2D eigenvalue weighted by atomic mass is 9.96. The Morgan fingerprint density at radius 1 is 0.885 bits per heavy atom. The zero-order valence-corrected chi connectivity index (χ0v) is 15.9. The fourth-order valence-corrected chi connectivity index (χ4v) is 5.01. The van der Waals surface area contributed by atoms with Gasteiger partial charge in [-0.25, -0.2) is 17.9 Å². The van der Waals surface area contributed by atoms with Gasteiger partial charge in [-0.2, -0.15) is 0 Å². The van der Waals surface area contributed by atoms with Crippen LogP contribution in [0.2, 0.25) is 0 Å². The smallest absolute Gasteiger partial charge is 0.411 e. The summed E-state index contributed by atoms with van der Waals surface area (Å²) in [7, 11) is -3.52. The maximum atomic E-state index is 12.5. The zero-order chi connectivity index (χ0) is 18.4. The standard InChI is InChI=1S/C19H28N2O4S/c22-19(25-17-9-5-2-6-10-17)20-15-11-13-18(14-12-15)26(23,24)21-16-7-3-1-4-8-16/h11-14,16-17,21H,1-10H2,(H,20,22). The second-order valence-corrected chi connectivity index (χ2v) is 8.98. The van der Waals surface area contributed by atoms with Crippen LogP contribution in [0.25, 0.3) is 0 Å². The van der Waals surface area contributed by atoms with Crippen LogP contribution >= 0.6 is 0 Å². The number of nitrogens with one attached hydrogen (secondary N) is 2. The summed E-state index contributed by atoms with van der Waals surface area (Å²) < 4.78 is 33.1. The van der Waals surface area contributed by atoms with Crippen LogP contribution in [0.1, 0.15) is 64.2 Å². The highest BCUT2D eigenvalue weighted by molar-refractivity contribution is 7.89. The van der Waals surface area contributed by atoms with Crippen molar-refractivity contribution in [2.24, 2.45) is 0 Å². The van der Waals surface area contributed by atoms with Crippen LogP contribution in [0.15, 0.2) is 29.2 Å². The van der Waals surface area contributed by atoms with E-state index < -0.39 is 16.1 Å². The predicted octanol–water partition coefficient (Wildman–Crippen LogP) is 4.18. The Morgan fingerprint density at radius 2 is 1.46 bits per heavy atom. The molecule has 2 N–H and O–H groups in total. The molecule has 0 radical (unpaired) electrons. The average Bonchev–Trinajstić information content (AvgIpc) is 2.63. The summed E-state index contributed by atoms with van der Waals surface area (Å²) in [4.78, 5) is 12.2. The van der Waals surface area contributed by atoms with Gasteiger partial charge in [0.2, 0.25) is 10.0 Å². The van der Waals surface area contributed by atoms with Gasteiger partial charge >= 0.3 is 6.09 Å². The highest BCUT2D eigenvalue weighted by Gasteiger charge is 2.22. The third kappa shape index (κ3) is 5.45. The minimum atomic E-state index is -3.52. The number of hydrogen-bond acceptors (Lipinski definition) is 4. The van der Waals surface area contributed by atoms with Crippen LogP contribution in [0, 0.1) is 0 Å². The highest BCUT2D eigenvalue weighted by atomic mass is 32.2. The first-order chi connectivity index (χ1) is 12.5. The van der Waals surface area contributed by atoms with Crippen molar-refractivity contribution in [3.8, 4) is 0 Å². The molecule has 0 bridgehead atoms. The molecule has 3 rings (SSSR count). The van der Waals surface area contributed by atoms with Gasteiger partial charge in [0.1, 0.15) is 6.10 Å². The average molecular weight is 381 g/mol. The summed E-state index contributed by atoms with van der Waals surface area (Å²) in [5.74, 6) is 0. The molecule has 0 heterocycles. The summed E-state index contributed by atoms with van der Waals surface area (Å²) in [5, 5.41) is 2.67. The minimum Gasteiger partial charge on any atom is -0.446 e. The number of ether oxygens (including phenoxy) is 1.